The summed E-state index contributed by atoms with van der Waals surface area (Å²) in [5, 5.41) is 6.87. The lowest BCUT2D eigenvalue weighted by Gasteiger charge is -2.20. The van der Waals surface area contributed by atoms with E-state index in [9.17, 15) is 0 Å². The molecular formula is C14H24N4S. The first-order chi connectivity index (χ1) is 9.31. The number of anilines is 1. The summed E-state index contributed by atoms with van der Waals surface area (Å²) < 4.78 is 0. The molecule has 1 aliphatic heterocycles. The molecule has 3 rings (SSSR count). The van der Waals surface area contributed by atoms with Gasteiger partial charge in [0, 0.05) is 38.1 Å². The highest BCUT2D eigenvalue weighted by atomic mass is 32.1. The molecule has 0 aromatic carbocycles. The Bertz CT molecular complexity index is 396. The van der Waals surface area contributed by atoms with Crippen LogP contribution in [0.25, 0.3) is 0 Å². The SMILES string of the molecule is CN(CCN1CCCC1)c1nc(CNC2CC2)cs1. The number of nitrogens with one attached hydrogen (secondary N) is 1. The monoisotopic (exact) mass is 280 g/mol. The van der Waals surface area contributed by atoms with Crippen LogP contribution in [0.15, 0.2) is 5.38 Å². The molecule has 2 heterocycles. The average Bonchev–Trinajstić information content (AvgIpc) is 2.94. The lowest BCUT2D eigenvalue weighted by Crippen LogP contribution is -2.31. The van der Waals surface area contributed by atoms with Gasteiger partial charge in [-0.2, -0.15) is 0 Å². The zero-order valence-corrected chi connectivity index (χ0v) is 12.6. The summed E-state index contributed by atoms with van der Waals surface area (Å²) in [5.41, 5.74) is 1.19. The minimum absolute atomic E-state index is 0.762. The van der Waals surface area contributed by atoms with Gasteiger partial charge in [-0.1, -0.05) is 0 Å². The number of aromatic nitrogens is 1. The second-order valence-electron chi connectivity index (χ2n) is 5.75. The molecule has 1 aliphatic carbocycles. The van der Waals surface area contributed by atoms with E-state index in [1.807, 2.05) is 0 Å². The average molecular weight is 280 g/mol. The number of rotatable bonds is 7. The van der Waals surface area contributed by atoms with E-state index in [0.717, 1.165) is 24.3 Å². The predicted molar refractivity (Wildman–Crippen MR) is 80.9 cm³/mol. The highest BCUT2D eigenvalue weighted by molar-refractivity contribution is 7.13. The van der Waals surface area contributed by atoms with E-state index >= 15 is 0 Å². The standard InChI is InChI=1S/C14H24N4S/c1-17(8-9-18-6-2-3-7-18)14-16-13(11-19-14)10-15-12-4-5-12/h11-12,15H,2-10H2,1H3. The summed E-state index contributed by atoms with van der Waals surface area (Å²) in [6.45, 7) is 5.75. The molecule has 4 nitrogen and oxygen atoms in total. The Balaban J connectivity index is 1.43. The summed E-state index contributed by atoms with van der Waals surface area (Å²) in [5.74, 6) is 0. The predicted octanol–water partition coefficient (Wildman–Crippen LogP) is 1.93. The van der Waals surface area contributed by atoms with E-state index in [1.54, 1.807) is 11.3 Å². The van der Waals surface area contributed by atoms with Crippen molar-refractivity contribution in [3.63, 3.8) is 0 Å². The van der Waals surface area contributed by atoms with Gasteiger partial charge in [0.15, 0.2) is 5.13 Å². The third kappa shape index (κ3) is 3.91. The summed E-state index contributed by atoms with van der Waals surface area (Å²) in [6.07, 6.45) is 5.43. The molecule has 1 aromatic rings. The molecule has 0 radical (unpaired) electrons. The maximum absolute atomic E-state index is 4.72. The number of nitrogens with zero attached hydrogens (tertiary/aromatic N) is 3. The van der Waals surface area contributed by atoms with Crippen molar-refractivity contribution in [3.8, 4) is 0 Å². The van der Waals surface area contributed by atoms with Crippen molar-refractivity contribution in [1.29, 1.82) is 0 Å². The van der Waals surface area contributed by atoms with Crippen molar-refractivity contribution in [3.05, 3.63) is 11.1 Å². The quantitative estimate of drug-likeness (QED) is 0.827. The van der Waals surface area contributed by atoms with Gasteiger partial charge in [-0.05, 0) is 38.8 Å². The van der Waals surface area contributed by atoms with Crippen molar-refractivity contribution >= 4 is 16.5 Å². The van der Waals surface area contributed by atoms with E-state index in [1.165, 1.54) is 51.0 Å². The highest BCUT2D eigenvalue weighted by Crippen LogP contribution is 2.22. The van der Waals surface area contributed by atoms with Crippen LogP contribution in [0.4, 0.5) is 5.13 Å². The Morgan fingerprint density at radius 2 is 2.21 bits per heavy atom. The van der Waals surface area contributed by atoms with E-state index < -0.39 is 0 Å². The minimum Gasteiger partial charge on any atom is -0.350 e. The summed E-state index contributed by atoms with van der Waals surface area (Å²) in [6, 6.07) is 0.762. The van der Waals surface area contributed by atoms with E-state index in [4.69, 9.17) is 4.98 Å². The van der Waals surface area contributed by atoms with Gasteiger partial charge in [-0.15, -0.1) is 11.3 Å². The Kier molecular flexibility index (Phi) is 4.35. The van der Waals surface area contributed by atoms with Crippen LogP contribution in [0.1, 0.15) is 31.4 Å². The lowest BCUT2D eigenvalue weighted by atomic mass is 10.4. The number of likely N-dealkylation sites (N-methyl/N-ethyl adjacent to an activating group) is 1. The van der Waals surface area contributed by atoms with Gasteiger partial charge in [0.05, 0.1) is 5.69 Å². The molecule has 5 heteroatoms. The van der Waals surface area contributed by atoms with Gasteiger partial charge in [0.1, 0.15) is 0 Å². The highest BCUT2D eigenvalue weighted by Gasteiger charge is 2.20. The molecule has 2 fully saturated rings. The van der Waals surface area contributed by atoms with Crippen LogP contribution in [-0.4, -0.2) is 49.2 Å². The topological polar surface area (TPSA) is 31.4 Å². The smallest absolute Gasteiger partial charge is 0.185 e. The van der Waals surface area contributed by atoms with Crippen molar-refractivity contribution in [2.24, 2.45) is 0 Å². The van der Waals surface area contributed by atoms with Crippen LogP contribution in [0, 0.1) is 0 Å². The maximum atomic E-state index is 4.72. The zero-order chi connectivity index (χ0) is 13.1. The Labute approximate surface area is 119 Å². The fraction of sp³-hybridized carbons (Fsp3) is 0.786. The summed E-state index contributed by atoms with van der Waals surface area (Å²) in [7, 11) is 2.16. The third-order valence-corrected chi connectivity index (χ3v) is 4.97. The van der Waals surface area contributed by atoms with Crippen molar-refractivity contribution in [2.75, 3.05) is 38.1 Å². The van der Waals surface area contributed by atoms with Crippen molar-refractivity contribution in [2.45, 2.75) is 38.3 Å². The molecule has 0 spiro atoms. The fourth-order valence-electron chi connectivity index (χ4n) is 2.48. The summed E-state index contributed by atoms with van der Waals surface area (Å²) >= 11 is 1.77. The zero-order valence-electron chi connectivity index (χ0n) is 11.8. The molecular weight excluding hydrogens is 256 g/mol. The van der Waals surface area contributed by atoms with Gasteiger partial charge < -0.3 is 15.1 Å². The number of hydrogen-bond acceptors (Lipinski definition) is 5. The third-order valence-electron chi connectivity index (χ3n) is 3.97. The van der Waals surface area contributed by atoms with Gasteiger partial charge in [-0.25, -0.2) is 4.98 Å². The lowest BCUT2D eigenvalue weighted by molar-refractivity contribution is 0.346. The fourth-order valence-corrected chi connectivity index (χ4v) is 3.30. The van der Waals surface area contributed by atoms with Gasteiger partial charge in [-0.3, -0.25) is 0 Å². The molecule has 19 heavy (non-hydrogen) atoms. The van der Waals surface area contributed by atoms with Crippen molar-refractivity contribution < 1.29 is 0 Å². The maximum Gasteiger partial charge on any atom is 0.185 e. The molecule has 0 amide bonds. The molecule has 1 N–H and O–H groups in total. The van der Waals surface area contributed by atoms with Gasteiger partial charge in [0.25, 0.3) is 0 Å². The molecule has 0 unspecified atom stereocenters. The first-order valence-corrected chi connectivity index (χ1v) is 8.30. The van der Waals surface area contributed by atoms with Crippen LogP contribution in [0.5, 0.6) is 0 Å². The van der Waals surface area contributed by atoms with Crippen LogP contribution < -0.4 is 10.2 Å². The summed E-state index contributed by atoms with van der Waals surface area (Å²) in [4.78, 5) is 9.57. The number of hydrogen-bond donors (Lipinski definition) is 1. The second-order valence-corrected chi connectivity index (χ2v) is 6.58. The first-order valence-electron chi connectivity index (χ1n) is 7.42. The van der Waals surface area contributed by atoms with Gasteiger partial charge >= 0.3 is 0 Å². The van der Waals surface area contributed by atoms with E-state index in [-0.39, 0.29) is 0 Å². The number of likely N-dealkylation sites (tertiary alicyclic amines) is 1. The molecule has 0 atom stereocenters. The molecule has 2 aliphatic rings. The molecule has 1 saturated heterocycles. The molecule has 1 saturated carbocycles. The Morgan fingerprint density at radius 3 is 2.95 bits per heavy atom. The van der Waals surface area contributed by atoms with Crippen LogP contribution in [-0.2, 0) is 6.54 Å². The largest absolute Gasteiger partial charge is 0.350 e. The van der Waals surface area contributed by atoms with Crippen molar-refractivity contribution in [1.82, 2.24) is 15.2 Å². The molecule has 106 valence electrons. The Hall–Kier alpha value is -0.650. The second kappa shape index (κ2) is 6.20. The minimum atomic E-state index is 0.762. The van der Waals surface area contributed by atoms with Crippen LogP contribution >= 0.6 is 11.3 Å². The Morgan fingerprint density at radius 1 is 1.42 bits per heavy atom. The van der Waals surface area contributed by atoms with Crippen LogP contribution in [0.3, 0.4) is 0 Å². The molecule has 0 bridgehead atoms. The first kappa shape index (κ1) is 13.3. The molecule has 1 aromatic heterocycles. The van der Waals surface area contributed by atoms with E-state index in [2.05, 4.69) is 27.5 Å². The van der Waals surface area contributed by atoms with Gasteiger partial charge in [0.2, 0.25) is 0 Å². The number of thiazole rings is 1. The normalized spacial score (nSPS) is 20.1. The van der Waals surface area contributed by atoms with Crippen LogP contribution in [0.2, 0.25) is 0 Å². The van der Waals surface area contributed by atoms with E-state index in [0.29, 0.717) is 0 Å².